The van der Waals surface area contributed by atoms with E-state index >= 15 is 0 Å². The molecule has 1 heterocycles. The highest BCUT2D eigenvalue weighted by atomic mass is 32.1. The van der Waals surface area contributed by atoms with Crippen molar-refractivity contribution < 1.29 is 4.79 Å². The fourth-order valence-corrected chi connectivity index (χ4v) is 2.06. The van der Waals surface area contributed by atoms with Gasteiger partial charge in [0.1, 0.15) is 0 Å². The molecule has 0 radical (unpaired) electrons. The van der Waals surface area contributed by atoms with E-state index in [-0.39, 0.29) is 11.9 Å². The molecule has 78 valence electrons. The summed E-state index contributed by atoms with van der Waals surface area (Å²) in [4.78, 5) is 12.5. The summed E-state index contributed by atoms with van der Waals surface area (Å²) in [5, 5.41) is 4.80. The number of carbonyl (C=O) groups excluding carboxylic acids is 1. The van der Waals surface area contributed by atoms with E-state index in [1.807, 2.05) is 25.3 Å². The lowest BCUT2D eigenvalue weighted by atomic mass is 10.2. The lowest BCUT2D eigenvalue weighted by Crippen LogP contribution is -2.37. The first-order valence-electron chi connectivity index (χ1n) is 4.76. The van der Waals surface area contributed by atoms with Gasteiger partial charge in [-0.1, -0.05) is 6.92 Å². The van der Waals surface area contributed by atoms with Crippen molar-refractivity contribution in [2.45, 2.75) is 26.3 Å². The maximum Gasteiger partial charge on any atom is 0.261 e. The van der Waals surface area contributed by atoms with Gasteiger partial charge in [0.05, 0.1) is 4.88 Å². The molecule has 1 amide bonds. The van der Waals surface area contributed by atoms with Gasteiger partial charge in [-0.2, -0.15) is 0 Å². The summed E-state index contributed by atoms with van der Waals surface area (Å²) >= 11 is 1.48. The molecule has 1 rings (SSSR count). The Labute approximate surface area is 88.3 Å². The van der Waals surface area contributed by atoms with Crippen molar-refractivity contribution in [3.8, 4) is 0 Å². The van der Waals surface area contributed by atoms with E-state index in [0.29, 0.717) is 6.54 Å². The van der Waals surface area contributed by atoms with Gasteiger partial charge >= 0.3 is 0 Å². The van der Waals surface area contributed by atoms with Crippen LogP contribution in [0.2, 0.25) is 0 Å². The molecule has 14 heavy (non-hydrogen) atoms. The Hall–Kier alpha value is -0.870. The van der Waals surface area contributed by atoms with E-state index in [0.717, 1.165) is 16.9 Å². The zero-order valence-corrected chi connectivity index (χ0v) is 9.36. The van der Waals surface area contributed by atoms with Crippen molar-refractivity contribution in [2.24, 2.45) is 5.73 Å². The van der Waals surface area contributed by atoms with Crippen LogP contribution in [0.4, 0.5) is 0 Å². The molecule has 0 aliphatic carbocycles. The largest absolute Gasteiger partial charge is 0.348 e. The normalized spacial score (nSPS) is 12.5. The van der Waals surface area contributed by atoms with Gasteiger partial charge in [0.25, 0.3) is 5.91 Å². The topological polar surface area (TPSA) is 55.1 Å². The molecule has 0 aliphatic heterocycles. The van der Waals surface area contributed by atoms with Crippen LogP contribution in [0.15, 0.2) is 11.4 Å². The molecule has 0 spiro atoms. The monoisotopic (exact) mass is 212 g/mol. The van der Waals surface area contributed by atoms with Crippen molar-refractivity contribution >= 4 is 17.2 Å². The average Bonchev–Trinajstić information content (AvgIpc) is 2.65. The van der Waals surface area contributed by atoms with Crippen molar-refractivity contribution in [1.29, 1.82) is 0 Å². The molecule has 0 saturated heterocycles. The van der Waals surface area contributed by atoms with Crippen molar-refractivity contribution in [3.05, 3.63) is 21.9 Å². The Balaban J connectivity index is 2.69. The third-order valence-electron chi connectivity index (χ3n) is 2.06. The summed E-state index contributed by atoms with van der Waals surface area (Å²) in [5.41, 5.74) is 6.54. The van der Waals surface area contributed by atoms with Gasteiger partial charge in [0.15, 0.2) is 0 Å². The Morgan fingerprint density at radius 2 is 2.43 bits per heavy atom. The van der Waals surface area contributed by atoms with E-state index < -0.39 is 0 Å². The van der Waals surface area contributed by atoms with Crippen LogP contribution in [0.1, 0.15) is 29.1 Å². The Morgan fingerprint density at radius 1 is 1.71 bits per heavy atom. The minimum Gasteiger partial charge on any atom is -0.348 e. The van der Waals surface area contributed by atoms with E-state index in [1.54, 1.807) is 0 Å². The second kappa shape index (κ2) is 5.12. The summed E-state index contributed by atoms with van der Waals surface area (Å²) in [6.07, 6.45) is 0.892. The van der Waals surface area contributed by atoms with Crippen LogP contribution >= 0.6 is 11.3 Å². The molecule has 1 atom stereocenters. The molecule has 3 nitrogen and oxygen atoms in total. The highest BCUT2D eigenvalue weighted by Crippen LogP contribution is 2.17. The predicted octanol–water partition coefficient (Wildman–Crippen LogP) is 1.39. The SMILES string of the molecule is CCc1ccsc1C(=O)N[C@@H](C)CN. The maximum atomic E-state index is 11.7. The Bertz CT molecular complexity index is 309. The fourth-order valence-electron chi connectivity index (χ4n) is 1.16. The van der Waals surface area contributed by atoms with E-state index in [1.165, 1.54) is 11.3 Å². The van der Waals surface area contributed by atoms with Crippen LogP contribution in [0.3, 0.4) is 0 Å². The van der Waals surface area contributed by atoms with Gasteiger partial charge in [-0.3, -0.25) is 4.79 Å². The first kappa shape index (κ1) is 11.2. The molecule has 4 heteroatoms. The quantitative estimate of drug-likeness (QED) is 0.792. The summed E-state index contributed by atoms with van der Waals surface area (Å²) in [6.45, 7) is 4.42. The average molecular weight is 212 g/mol. The molecule has 0 bridgehead atoms. The third kappa shape index (κ3) is 2.56. The number of aryl methyl sites for hydroxylation is 1. The Kier molecular flexibility index (Phi) is 4.10. The molecule has 1 aromatic rings. The molecule has 0 aromatic carbocycles. The number of hydrogen-bond donors (Lipinski definition) is 2. The van der Waals surface area contributed by atoms with Gasteiger partial charge in [-0.15, -0.1) is 11.3 Å². The van der Waals surface area contributed by atoms with E-state index in [2.05, 4.69) is 5.32 Å². The zero-order chi connectivity index (χ0) is 10.6. The van der Waals surface area contributed by atoms with Gasteiger partial charge in [0, 0.05) is 12.6 Å². The fraction of sp³-hybridized carbons (Fsp3) is 0.500. The van der Waals surface area contributed by atoms with Gasteiger partial charge in [-0.25, -0.2) is 0 Å². The minimum atomic E-state index is -0.00481. The molecule has 0 unspecified atom stereocenters. The first-order valence-corrected chi connectivity index (χ1v) is 5.64. The van der Waals surface area contributed by atoms with Gasteiger partial charge < -0.3 is 11.1 Å². The van der Waals surface area contributed by atoms with Crippen LogP contribution in [0.25, 0.3) is 0 Å². The second-order valence-corrected chi connectivity index (χ2v) is 4.15. The molecule has 1 aromatic heterocycles. The van der Waals surface area contributed by atoms with E-state index in [9.17, 15) is 4.79 Å². The highest BCUT2D eigenvalue weighted by Gasteiger charge is 2.13. The maximum absolute atomic E-state index is 11.7. The number of nitrogens with one attached hydrogen (secondary N) is 1. The number of thiophene rings is 1. The summed E-state index contributed by atoms with van der Waals surface area (Å²) in [6, 6.07) is 2.03. The van der Waals surface area contributed by atoms with Gasteiger partial charge in [0.2, 0.25) is 0 Å². The zero-order valence-electron chi connectivity index (χ0n) is 8.54. The van der Waals surface area contributed by atoms with Crippen LogP contribution < -0.4 is 11.1 Å². The number of hydrogen-bond acceptors (Lipinski definition) is 3. The molecule has 0 saturated carbocycles. The number of carbonyl (C=O) groups is 1. The number of amides is 1. The lowest BCUT2D eigenvalue weighted by molar-refractivity contribution is 0.0944. The summed E-state index contributed by atoms with van der Waals surface area (Å²) in [7, 11) is 0. The number of rotatable bonds is 4. The van der Waals surface area contributed by atoms with Crippen molar-refractivity contribution in [3.63, 3.8) is 0 Å². The Morgan fingerprint density at radius 3 is 3.00 bits per heavy atom. The molecular weight excluding hydrogens is 196 g/mol. The van der Waals surface area contributed by atoms with Crippen LogP contribution in [-0.2, 0) is 6.42 Å². The van der Waals surface area contributed by atoms with Crippen LogP contribution in [0.5, 0.6) is 0 Å². The minimum absolute atomic E-state index is 0.00481. The first-order chi connectivity index (χ1) is 6.69. The highest BCUT2D eigenvalue weighted by molar-refractivity contribution is 7.12. The summed E-state index contributed by atoms with van der Waals surface area (Å²) in [5.74, 6) is -0.00481. The molecule has 0 aliphatic rings. The lowest BCUT2D eigenvalue weighted by Gasteiger charge is -2.10. The molecular formula is C10H16N2OS. The van der Waals surface area contributed by atoms with Crippen LogP contribution in [-0.4, -0.2) is 18.5 Å². The van der Waals surface area contributed by atoms with Gasteiger partial charge in [-0.05, 0) is 30.4 Å². The second-order valence-electron chi connectivity index (χ2n) is 3.24. The van der Waals surface area contributed by atoms with Crippen molar-refractivity contribution in [2.75, 3.05) is 6.54 Å². The predicted molar refractivity (Wildman–Crippen MR) is 59.7 cm³/mol. The van der Waals surface area contributed by atoms with Crippen molar-refractivity contribution in [1.82, 2.24) is 5.32 Å². The third-order valence-corrected chi connectivity index (χ3v) is 3.02. The number of nitrogens with two attached hydrogens (primary N) is 1. The van der Waals surface area contributed by atoms with E-state index in [4.69, 9.17) is 5.73 Å². The standard InChI is InChI=1S/C10H16N2OS/c1-3-8-4-5-14-9(8)10(13)12-7(2)6-11/h4-5,7H,3,6,11H2,1-2H3,(H,12,13)/t7-/m0/s1. The molecule has 0 fully saturated rings. The van der Waals surface area contributed by atoms with Crippen LogP contribution in [0, 0.1) is 0 Å². The summed E-state index contributed by atoms with van der Waals surface area (Å²) < 4.78 is 0. The smallest absolute Gasteiger partial charge is 0.261 e. The molecule has 3 N–H and O–H groups in total.